The molecule has 0 bridgehead atoms. The molecule has 0 heterocycles. The quantitative estimate of drug-likeness (QED) is 0.751. The third-order valence-corrected chi connectivity index (χ3v) is 2.11. The van der Waals surface area contributed by atoms with Crippen molar-refractivity contribution in [3.05, 3.63) is 24.0 Å². The van der Waals surface area contributed by atoms with E-state index in [0.717, 1.165) is 0 Å². The largest absolute Gasteiger partial charge is 0.497 e. The van der Waals surface area contributed by atoms with E-state index in [9.17, 15) is 9.18 Å². The lowest BCUT2D eigenvalue weighted by Crippen LogP contribution is -2.20. The Morgan fingerprint density at radius 3 is 2.78 bits per heavy atom. The van der Waals surface area contributed by atoms with Crippen LogP contribution in [0.5, 0.6) is 5.75 Å². The maximum Gasteiger partial charge on any atom is 0.250 e. The zero-order valence-electron chi connectivity index (χ0n) is 10.4. The lowest BCUT2D eigenvalue weighted by Gasteiger charge is -2.08. The minimum atomic E-state index is -0.527. The summed E-state index contributed by atoms with van der Waals surface area (Å²) >= 11 is 0. The van der Waals surface area contributed by atoms with Gasteiger partial charge in [-0.3, -0.25) is 4.79 Å². The summed E-state index contributed by atoms with van der Waals surface area (Å²) in [5.41, 5.74) is 0.0645. The molecule has 1 rings (SSSR count). The fraction of sp³-hybridized carbons (Fsp3) is 0.417. The second kappa shape index (κ2) is 7.62. The Morgan fingerprint density at radius 1 is 1.33 bits per heavy atom. The average Bonchev–Trinajstić information content (AvgIpc) is 2.37. The minimum Gasteiger partial charge on any atom is -0.497 e. The predicted molar refractivity (Wildman–Crippen MR) is 64.3 cm³/mol. The third kappa shape index (κ3) is 4.68. The van der Waals surface area contributed by atoms with Crippen LogP contribution in [0, 0.1) is 5.82 Å². The summed E-state index contributed by atoms with van der Waals surface area (Å²) in [6, 6.07) is 4.10. The number of anilines is 1. The first-order valence-corrected chi connectivity index (χ1v) is 5.37. The van der Waals surface area contributed by atoms with Crippen molar-refractivity contribution >= 4 is 11.6 Å². The molecule has 6 heteroatoms. The summed E-state index contributed by atoms with van der Waals surface area (Å²) in [5, 5.41) is 2.40. The molecule has 1 aromatic rings. The van der Waals surface area contributed by atoms with Crippen molar-refractivity contribution in [3.8, 4) is 5.75 Å². The van der Waals surface area contributed by atoms with Gasteiger partial charge in [-0.05, 0) is 12.1 Å². The van der Waals surface area contributed by atoms with E-state index >= 15 is 0 Å². The highest BCUT2D eigenvalue weighted by Gasteiger charge is 2.08. The van der Waals surface area contributed by atoms with Gasteiger partial charge < -0.3 is 19.5 Å². The number of amides is 1. The maximum absolute atomic E-state index is 13.4. The van der Waals surface area contributed by atoms with Crippen LogP contribution in [0.4, 0.5) is 10.1 Å². The van der Waals surface area contributed by atoms with Crippen molar-refractivity contribution in [2.24, 2.45) is 0 Å². The molecule has 1 aromatic carbocycles. The van der Waals surface area contributed by atoms with Gasteiger partial charge in [0.15, 0.2) is 0 Å². The Kier molecular flexibility index (Phi) is 6.10. The normalized spacial score (nSPS) is 10.2. The molecule has 0 atom stereocenters. The molecular formula is C12H16FNO4. The maximum atomic E-state index is 13.4. The summed E-state index contributed by atoms with van der Waals surface area (Å²) in [6.45, 7) is 0.561. The predicted octanol–water partition coefficient (Wildman–Crippen LogP) is 1.44. The number of benzene rings is 1. The minimum absolute atomic E-state index is 0.0645. The van der Waals surface area contributed by atoms with Gasteiger partial charge in [-0.15, -0.1) is 0 Å². The summed E-state index contributed by atoms with van der Waals surface area (Å²) in [6.07, 6.45) is 0. The van der Waals surface area contributed by atoms with E-state index in [1.165, 1.54) is 32.4 Å². The summed E-state index contributed by atoms with van der Waals surface area (Å²) in [7, 11) is 3.00. The average molecular weight is 257 g/mol. The molecule has 0 spiro atoms. The van der Waals surface area contributed by atoms with Crippen LogP contribution in [0.15, 0.2) is 18.2 Å². The van der Waals surface area contributed by atoms with E-state index in [0.29, 0.717) is 19.0 Å². The van der Waals surface area contributed by atoms with Crippen molar-refractivity contribution < 1.29 is 23.4 Å². The Bertz CT molecular complexity index is 398. The van der Waals surface area contributed by atoms with Gasteiger partial charge in [-0.1, -0.05) is 0 Å². The number of hydrogen-bond acceptors (Lipinski definition) is 4. The van der Waals surface area contributed by atoms with Gasteiger partial charge in [0.25, 0.3) is 0 Å². The molecule has 0 fully saturated rings. The van der Waals surface area contributed by atoms with Gasteiger partial charge in [0, 0.05) is 13.2 Å². The molecule has 18 heavy (non-hydrogen) atoms. The standard InChI is InChI=1S/C12H16FNO4/c1-16-5-6-18-8-12(15)14-11-7-9(17-2)3-4-10(11)13/h3-4,7H,5-6,8H2,1-2H3,(H,14,15). The molecule has 100 valence electrons. The molecule has 1 amide bonds. The van der Waals surface area contributed by atoms with Gasteiger partial charge >= 0.3 is 0 Å². The number of rotatable bonds is 7. The molecule has 5 nitrogen and oxygen atoms in total. The Labute approximate surface area is 105 Å². The molecule has 0 aliphatic rings. The van der Waals surface area contributed by atoms with Crippen LogP contribution in [0.3, 0.4) is 0 Å². The van der Waals surface area contributed by atoms with Crippen LogP contribution in [0.25, 0.3) is 0 Å². The second-order valence-electron chi connectivity index (χ2n) is 3.44. The van der Waals surface area contributed by atoms with Gasteiger partial charge in [0.2, 0.25) is 5.91 Å². The zero-order valence-corrected chi connectivity index (χ0v) is 10.4. The van der Waals surface area contributed by atoms with E-state index in [-0.39, 0.29) is 12.3 Å². The number of ether oxygens (including phenoxy) is 3. The number of nitrogens with one attached hydrogen (secondary N) is 1. The zero-order chi connectivity index (χ0) is 13.4. The first kappa shape index (κ1) is 14.4. The number of carbonyl (C=O) groups excluding carboxylic acids is 1. The van der Waals surface area contributed by atoms with Crippen LogP contribution >= 0.6 is 0 Å². The van der Waals surface area contributed by atoms with Crippen LogP contribution in [0.2, 0.25) is 0 Å². The number of halogens is 1. The summed E-state index contributed by atoms with van der Waals surface area (Å²) < 4.78 is 28.1. The fourth-order valence-electron chi connectivity index (χ4n) is 1.22. The Morgan fingerprint density at radius 2 is 2.11 bits per heavy atom. The van der Waals surface area contributed by atoms with Crippen molar-refractivity contribution in [1.29, 1.82) is 0 Å². The van der Waals surface area contributed by atoms with Gasteiger partial charge in [-0.25, -0.2) is 4.39 Å². The van der Waals surface area contributed by atoms with Gasteiger partial charge in [0.05, 0.1) is 26.0 Å². The lowest BCUT2D eigenvalue weighted by molar-refractivity contribution is -0.121. The van der Waals surface area contributed by atoms with Crippen molar-refractivity contribution in [2.45, 2.75) is 0 Å². The molecule has 0 aliphatic carbocycles. The first-order valence-electron chi connectivity index (χ1n) is 5.37. The molecule has 0 saturated heterocycles. The van der Waals surface area contributed by atoms with E-state index in [2.05, 4.69) is 5.32 Å². The molecule has 1 N–H and O–H groups in total. The molecule has 0 saturated carbocycles. The van der Waals surface area contributed by atoms with E-state index in [1.807, 2.05) is 0 Å². The molecule has 0 unspecified atom stereocenters. The van der Waals surface area contributed by atoms with Crippen LogP contribution in [-0.2, 0) is 14.3 Å². The van der Waals surface area contributed by atoms with Crippen molar-refractivity contribution in [1.82, 2.24) is 0 Å². The number of hydrogen-bond donors (Lipinski definition) is 1. The number of carbonyl (C=O) groups is 1. The fourth-order valence-corrected chi connectivity index (χ4v) is 1.22. The van der Waals surface area contributed by atoms with Gasteiger partial charge in [-0.2, -0.15) is 0 Å². The first-order chi connectivity index (χ1) is 8.67. The Balaban J connectivity index is 2.48. The molecule has 0 aromatic heterocycles. The smallest absolute Gasteiger partial charge is 0.250 e. The molecule has 0 aliphatic heterocycles. The van der Waals surface area contributed by atoms with Crippen molar-refractivity contribution in [3.63, 3.8) is 0 Å². The molecule has 0 radical (unpaired) electrons. The van der Waals surface area contributed by atoms with Crippen molar-refractivity contribution in [2.75, 3.05) is 39.4 Å². The number of methoxy groups -OCH3 is 2. The van der Waals surface area contributed by atoms with Crippen LogP contribution in [0.1, 0.15) is 0 Å². The lowest BCUT2D eigenvalue weighted by atomic mass is 10.3. The summed E-state index contributed by atoms with van der Waals surface area (Å²) in [4.78, 5) is 11.4. The highest BCUT2D eigenvalue weighted by molar-refractivity contribution is 5.92. The second-order valence-corrected chi connectivity index (χ2v) is 3.44. The Hall–Kier alpha value is -1.66. The highest BCUT2D eigenvalue weighted by Crippen LogP contribution is 2.20. The van der Waals surface area contributed by atoms with Crippen LogP contribution < -0.4 is 10.1 Å². The molecular weight excluding hydrogens is 241 g/mol. The third-order valence-electron chi connectivity index (χ3n) is 2.11. The monoisotopic (exact) mass is 257 g/mol. The summed E-state index contributed by atoms with van der Waals surface area (Å²) in [5.74, 6) is -0.494. The van der Waals surface area contributed by atoms with Gasteiger partial charge in [0.1, 0.15) is 18.2 Å². The van der Waals surface area contributed by atoms with E-state index in [4.69, 9.17) is 14.2 Å². The topological polar surface area (TPSA) is 56.8 Å². The van der Waals surface area contributed by atoms with E-state index in [1.54, 1.807) is 0 Å². The van der Waals surface area contributed by atoms with E-state index < -0.39 is 11.7 Å². The van der Waals surface area contributed by atoms with Crippen LogP contribution in [-0.4, -0.2) is 39.9 Å². The highest BCUT2D eigenvalue weighted by atomic mass is 19.1. The SMILES string of the molecule is COCCOCC(=O)Nc1cc(OC)ccc1F.